The maximum absolute atomic E-state index is 9.93. The third kappa shape index (κ3) is 2.42. The predicted octanol–water partition coefficient (Wildman–Crippen LogP) is 0.00480. The number of rotatable bonds is 3. The lowest BCUT2D eigenvalue weighted by atomic mass is 11.1. The molecule has 0 saturated heterocycles. The maximum atomic E-state index is 9.93. The largest absolute Gasteiger partial charge is 0.451 e. The van der Waals surface area contributed by atoms with Crippen molar-refractivity contribution in [2.45, 2.75) is 5.16 Å². The van der Waals surface area contributed by atoms with Crippen LogP contribution in [-0.4, -0.2) is 26.7 Å². The third-order valence-corrected chi connectivity index (χ3v) is 2.00. The molecule has 0 aliphatic heterocycles. The highest BCUT2D eigenvalue weighted by atomic mass is 32.2. The number of carbonyl (C=O) groups is 1. The molecule has 1 heterocycles. The van der Waals surface area contributed by atoms with E-state index in [1.807, 2.05) is 0 Å². The molecule has 1 aromatic heterocycles. The van der Waals surface area contributed by atoms with Gasteiger partial charge in [0.15, 0.2) is 5.16 Å². The zero-order valence-electron chi connectivity index (χ0n) is 6.35. The monoisotopic (exact) mass is 187 g/mol. The predicted molar refractivity (Wildman–Crippen MR) is 40.9 cm³/mol. The average Bonchev–Trinajstić information content (AvgIpc) is 2.36. The second kappa shape index (κ2) is 3.96. The average molecular weight is 187 g/mol. The molecular formula is C5H7N4O2S. The molecule has 1 N–H and O–H groups in total. The molecule has 0 unspecified atom stereocenters. The van der Waals surface area contributed by atoms with E-state index in [2.05, 4.69) is 15.5 Å². The molecular weight excluding hydrogens is 180 g/mol. The van der Waals surface area contributed by atoms with Gasteiger partial charge in [-0.3, -0.25) is 0 Å². The minimum atomic E-state index is -1.29. The van der Waals surface area contributed by atoms with Crippen LogP contribution in [0.4, 0.5) is 4.79 Å². The van der Waals surface area contributed by atoms with Gasteiger partial charge in [-0.15, -0.1) is 10.2 Å². The molecule has 12 heavy (non-hydrogen) atoms. The van der Waals surface area contributed by atoms with Crippen LogP contribution in [0.2, 0.25) is 0 Å². The first-order valence-electron chi connectivity index (χ1n) is 3.12. The van der Waals surface area contributed by atoms with Crippen molar-refractivity contribution in [3.63, 3.8) is 0 Å². The second-order valence-electron chi connectivity index (χ2n) is 1.98. The second-order valence-corrected chi connectivity index (χ2v) is 2.92. The Morgan fingerprint density at radius 1 is 1.83 bits per heavy atom. The summed E-state index contributed by atoms with van der Waals surface area (Å²) in [6, 6.07) is 0. The van der Waals surface area contributed by atoms with Crippen molar-refractivity contribution in [2.24, 2.45) is 7.05 Å². The summed E-state index contributed by atoms with van der Waals surface area (Å²) in [6.45, 7) is 0. The van der Waals surface area contributed by atoms with E-state index in [1.165, 1.54) is 11.8 Å². The maximum Gasteiger partial charge on any atom is 0.451 e. The van der Waals surface area contributed by atoms with Crippen LogP contribution in [0.15, 0.2) is 11.5 Å². The summed E-state index contributed by atoms with van der Waals surface area (Å²) in [6.07, 6.45) is 0.256. The van der Waals surface area contributed by atoms with E-state index in [0.717, 1.165) is 0 Å². The van der Waals surface area contributed by atoms with Crippen molar-refractivity contribution in [3.8, 4) is 0 Å². The Balaban J connectivity index is 2.33. The molecule has 0 bridgehead atoms. The minimum absolute atomic E-state index is 0.217. The fraction of sp³-hybridized carbons (Fsp3) is 0.400. The number of aryl methyl sites for hydroxylation is 1. The van der Waals surface area contributed by atoms with E-state index in [1.54, 1.807) is 17.9 Å². The summed E-state index contributed by atoms with van der Waals surface area (Å²) in [7, 11) is 1.78. The summed E-state index contributed by atoms with van der Waals surface area (Å²) in [4.78, 5) is 9.93. The van der Waals surface area contributed by atoms with Crippen LogP contribution in [-0.2, 0) is 12.2 Å². The quantitative estimate of drug-likeness (QED) is 0.533. The Hall–Kier alpha value is -1.24. The van der Waals surface area contributed by atoms with Crippen LogP contribution in [0.25, 0.3) is 0 Å². The van der Waals surface area contributed by atoms with E-state index >= 15 is 0 Å². The van der Waals surface area contributed by atoms with E-state index in [9.17, 15) is 9.90 Å². The number of nitrogens with zero attached hydrogens (tertiary/aromatic N) is 3. The smallest absolute Gasteiger partial charge is 0.312 e. The van der Waals surface area contributed by atoms with Gasteiger partial charge in [0.25, 0.3) is 0 Å². The summed E-state index contributed by atoms with van der Waals surface area (Å²) in [5.74, 6) is 0.217. The Morgan fingerprint density at radius 3 is 3.08 bits per heavy atom. The van der Waals surface area contributed by atoms with Gasteiger partial charge in [0.1, 0.15) is 6.33 Å². The number of aromatic nitrogens is 3. The number of amides is 1. The molecule has 1 aromatic rings. The van der Waals surface area contributed by atoms with Crippen molar-refractivity contribution in [3.05, 3.63) is 6.33 Å². The molecule has 0 aliphatic rings. The fourth-order valence-corrected chi connectivity index (χ4v) is 1.24. The fourth-order valence-electron chi connectivity index (χ4n) is 0.563. The minimum Gasteiger partial charge on any atom is -0.312 e. The molecule has 0 aromatic carbocycles. The Kier molecular flexibility index (Phi) is 2.92. The number of carbonyl (C=O) groups excluding carboxylic acids is 1. The standard InChI is InChI=1S/C5H7N4O2S/c1-9-2-7-8-4(9)12-3-6-5(10)11/h2,6H,3H2,1H3. The zero-order valence-corrected chi connectivity index (χ0v) is 7.17. The van der Waals surface area contributed by atoms with Crippen LogP contribution in [0, 0.1) is 0 Å². The van der Waals surface area contributed by atoms with E-state index in [0.29, 0.717) is 5.16 Å². The number of hydrogen-bond donors (Lipinski definition) is 1. The third-order valence-electron chi connectivity index (χ3n) is 1.09. The summed E-state index contributed by atoms with van der Waals surface area (Å²) >= 11 is 1.24. The molecule has 7 heteroatoms. The summed E-state index contributed by atoms with van der Waals surface area (Å²) in [5.41, 5.74) is 0. The van der Waals surface area contributed by atoms with Crippen LogP contribution < -0.4 is 5.32 Å². The van der Waals surface area contributed by atoms with Gasteiger partial charge in [-0.05, 0) is 0 Å². The topological polar surface area (TPSA) is 79.7 Å². The van der Waals surface area contributed by atoms with Gasteiger partial charge in [0.2, 0.25) is 0 Å². The van der Waals surface area contributed by atoms with Crippen LogP contribution in [0.5, 0.6) is 0 Å². The molecule has 1 radical (unpaired) electrons. The normalized spacial score (nSPS) is 9.75. The highest BCUT2D eigenvalue weighted by molar-refractivity contribution is 7.99. The molecule has 0 aliphatic carbocycles. The Bertz CT molecular complexity index is 274. The van der Waals surface area contributed by atoms with Crippen LogP contribution >= 0.6 is 11.8 Å². The van der Waals surface area contributed by atoms with Crippen molar-refractivity contribution in [1.29, 1.82) is 0 Å². The highest BCUT2D eigenvalue weighted by Gasteiger charge is 2.02. The van der Waals surface area contributed by atoms with Gasteiger partial charge in [-0.1, -0.05) is 11.8 Å². The Morgan fingerprint density at radius 2 is 2.58 bits per heavy atom. The first-order valence-corrected chi connectivity index (χ1v) is 4.10. The van der Waals surface area contributed by atoms with Gasteiger partial charge < -0.3 is 9.88 Å². The van der Waals surface area contributed by atoms with Crippen molar-refractivity contribution < 1.29 is 9.90 Å². The molecule has 6 nitrogen and oxygen atoms in total. The van der Waals surface area contributed by atoms with E-state index in [-0.39, 0.29) is 5.88 Å². The molecule has 1 amide bonds. The van der Waals surface area contributed by atoms with Gasteiger partial charge in [-0.2, -0.15) is 0 Å². The number of thioether (sulfide) groups is 1. The zero-order chi connectivity index (χ0) is 8.97. The molecule has 0 saturated carbocycles. The van der Waals surface area contributed by atoms with E-state index < -0.39 is 6.09 Å². The lowest BCUT2D eigenvalue weighted by Gasteiger charge is -1.97. The first-order chi connectivity index (χ1) is 5.70. The first kappa shape index (κ1) is 8.85. The van der Waals surface area contributed by atoms with Gasteiger partial charge in [0.05, 0.1) is 5.88 Å². The molecule has 0 atom stereocenters. The number of hydrogen-bond acceptors (Lipinski definition) is 4. The van der Waals surface area contributed by atoms with Crippen LogP contribution in [0.3, 0.4) is 0 Å². The molecule has 0 fully saturated rings. The van der Waals surface area contributed by atoms with E-state index in [4.69, 9.17) is 0 Å². The SMILES string of the molecule is Cn1cnnc1SCNC([O])=O. The van der Waals surface area contributed by atoms with Crippen molar-refractivity contribution in [1.82, 2.24) is 20.1 Å². The molecule has 0 spiro atoms. The summed E-state index contributed by atoms with van der Waals surface area (Å²) in [5, 5.41) is 20.0. The van der Waals surface area contributed by atoms with Gasteiger partial charge in [-0.25, -0.2) is 9.90 Å². The molecule has 1 rings (SSSR count). The number of nitrogens with one attached hydrogen (secondary N) is 1. The lowest BCUT2D eigenvalue weighted by molar-refractivity contribution is 0.170. The lowest BCUT2D eigenvalue weighted by Crippen LogP contribution is -2.18. The van der Waals surface area contributed by atoms with Crippen molar-refractivity contribution in [2.75, 3.05) is 5.88 Å². The van der Waals surface area contributed by atoms with Crippen molar-refractivity contribution >= 4 is 17.9 Å². The van der Waals surface area contributed by atoms with Gasteiger partial charge >= 0.3 is 6.09 Å². The summed E-state index contributed by atoms with van der Waals surface area (Å²) < 4.78 is 1.70. The van der Waals surface area contributed by atoms with Gasteiger partial charge in [0, 0.05) is 7.05 Å². The van der Waals surface area contributed by atoms with Crippen LogP contribution in [0.1, 0.15) is 0 Å². The molecule has 65 valence electrons. The highest BCUT2D eigenvalue weighted by Crippen LogP contribution is 2.10. The Labute approximate surface area is 73.0 Å².